The van der Waals surface area contributed by atoms with Crippen molar-refractivity contribution in [3.63, 3.8) is 0 Å². The molecule has 11 aromatic rings. The predicted octanol–water partition coefficient (Wildman–Crippen LogP) is 15.3. The molecule has 1 aliphatic heterocycles. The van der Waals surface area contributed by atoms with Crippen LogP contribution in [-0.4, -0.2) is 0 Å². The van der Waals surface area contributed by atoms with Gasteiger partial charge < -0.3 is 9.15 Å². The summed E-state index contributed by atoms with van der Waals surface area (Å²) in [5.74, 6) is 1.80. The van der Waals surface area contributed by atoms with Gasteiger partial charge in [0.15, 0.2) is 0 Å². The Morgan fingerprint density at radius 1 is 0.339 bits per heavy atom. The molecule has 0 unspecified atom stereocenters. The molecule has 1 spiro atoms. The van der Waals surface area contributed by atoms with Crippen LogP contribution in [0, 0.1) is 0 Å². The molecule has 2 nitrogen and oxygen atoms in total. The molecule has 2 heteroatoms. The van der Waals surface area contributed by atoms with E-state index in [1.165, 1.54) is 82.7 Å². The first-order valence-corrected chi connectivity index (χ1v) is 20.4. The fourth-order valence-corrected chi connectivity index (χ4v) is 11.1. The Morgan fingerprint density at radius 3 is 1.86 bits per heavy atom. The summed E-state index contributed by atoms with van der Waals surface area (Å²) in [5.41, 5.74) is 18.8. The Labute approximate surface area is 340 Å². The number of fused-ring (bicyclic) bond motifs is 17. The van der Waals surface area contributed by atoms with Gasteiger partial charge in [-0.25, -0.2) is 0 Å². The summed E-state index contributed by atoms with van der Waals surface area (Å²) in [4.78, 5) is 0. The third-order valence-corrected chi connectivity index (χ3v) is 13.4. The molecule has 0 fully saturated rings. The minimum atomic E-state index is -0.547. The maximum atomic E-state index is 6.54. The van der Waals surface area contributed by atoms with Crippen molar-refractivity contribution in [2.24, 2.45) is 0 Å². The van der Waals surface area contributed by atoms with E-state index in [4.69, 9.17) is 9.15 Å². The number of hydrogen-bond acceptors (Lipinski definition) is 2. The van der Waals surface area contributed by atoms with E-state index in [1.54, 1.807) is 0 Å². The highest BCUT2D eigenvalue weighted by Crippen LogP contribution is 2.66. The number of ether oxygens (including phenoxy) is 1. The molecule has 1 aromatic heterocycles. The Bertz CT molecular complexity index is 3610. The third-order valence-electron chi connectivity index (χ3n) is 13.4. The minimum Gasteiger partial charge on any atom is -0.456 e. The second-order valence-corrected chi connectivity index (χ2v) is 16.3. The highest BCUT2D eigenvalue weighted by atomic mass is 16.5. The normalized spacial score (nSPS) is 13.7. The van der Waals surface area contributed by atoms with Crippen LogP contribution >= 0.6 is 0 Å². The quantitative estimate of drug-likeness (QED) is 0.176. The van der Waals surface area contributed by atoms with Crippen LogP contribution in [0.1, 0.15) is 22.3 Å². The Morgan fingerprint density at radius 2 is 1.00 bits per heavy atom. The Hall–Kier alpha value is -7.68. The van der Waals surface area contributed by atoms with Gasteiger partial charge in [-0.15, -0.1) is 0 Å². The van der Waals surface area contributed by atoms with E-state index in [9.17, 15) is 0 Å². The number of para-hydroxylation sites is 1. The van der Waals surface area contributed by atoms with E-state index in [-0.39, 0.29) is 0 Å². The van der Waals surface area contributed by atoms with Crippen LogP contribution < -0.4 is 4.74 Å². The molecule has 272 valence electrons. The van der Waals surface area contributed by atoms with Crippen molar-refractivity contribution in [2.75, 3.05) is 0 Å². The first-order chi connectivity index (χ1) is 29.2. The topological polar surface area (TPSA) is 22.4 Å². The Kier molecular flexibility index (Phi) is 5.99. The molecule has 3 aliphatic rings. The van der Waals surface area contributed by atoms with Gasteiger partial charge >= 0.3 is 0 Å². The van der Waals surface area contributed by atoms with Crippen LogP contribution in [0.2, 0.25) is 0 Å². The van der Waals surface area contributed by atoms with Crippen LogP contribution in [-0.2, 0) is 5.41 Å². The standard InChI is InChI=1S/C57H32O2/c1-2-14-38-36(11-1)30-45(37-24-26-42-41-17-5-8-21-50(41)59-53(42)32-37)55-44-27-23-35(34-25-28-51-46(29-34)43-18-9-12-33-13-10-22-52(58-51)54(33)43)31-49(44)57(56(38)55)47-19-6-3-15-39(47)40-16-4-7-20-48(40)57/h1-32H. The lowest BCUT2D eigenvalue weighted by Gasteiger charge is -2.32. The number of hydrogen-bond donors (Lipinski definition) is 0. The molecule has 14 rings (SSSR count). The van der Waals surface area contributed by atoms with E-state index < -0.39 is 5.41 Å². The van der Waals surface area contributed by atoms with Crippen molar-refractivity contribution < 1.29 is 9.15 Å². The van der Waals surface area contributed by atoms with Crippen LogP contribution in [0.15, 0.2) is 199 Å². The molecule has 10 aromatic carbocycles. The zero-order valence-electron chi connectivity index (χ0n) is 31.8. The first-order valence-electron chi connectivity index (χ1n) is 20.4. The molecule has 0 radical (unpaired) electrons. The molecular formula is C57H32O2. The molecular weight excluding hydrogens is 717 g/mol. The van der Waals surface area contributed by atoms with Crippen molar-refractivity contribution in [3.8, 4) is 67.1 Å². The van der Waals surface area contributed by atoms with E-state index in [2.05, 4.69) is 188 Å². The van der Waals surface area contributed by atoms with E-state index in [1.807, 2.05) is 6.07 Å². The fraction of sp³-hybridized carbons (Fsp3) is 0.0175. The second kappa shape index (κ2) is 11.2. The molecule has 0 saturated heterocycles. The summed E-state index contributed by atoms with van der Waals surface area (Å²) < 4.78 is 13.1. The molecule has 2 heterocycles. The monoisotopic (exact) mass is 748 g/mol. The Balaban J connectivity index is 1.08. The van der Waals surface area contributed by atoms with E-state index in [0.29, 0.717) is 0 Å². The molecule has 0 saturated carbocycles. The third kappa shape index (κ3) is 4.00. The maximum absolute atomic E-state index is 6.54. The van der Waals surface area contributed by atoms with E-state index >= 15 is 0 Å². The average molecular weight is 749 g/mol. The summed E-state index contributed by atoms with van der Waals surface area (Å²) in [6.07, 6.45) is 0. The lowest BCUT2D eigenvalue weighted by Crippen LogP contribution is -2.26. The lowest BCUT2D eigenvalue weighted by atomic mass is 9.69. The molecule has 2 aliphatic carbocycles. The summed E-state index contributed by atoms with van der Waals surface area (Å²) in [5, 5.41) is 7.14. The highest BCUT2D eigenvalue weighted by molar-refractivity contribution is 6.12. The lowest BCUT2D eigenvalue weighted by molar-refractivity contribution is 0.487. The van der Waals surface area contributed by atoms with Crippen molar-refractivity contribution in [2.45, 2.75) is 5.41 Å². The van der Waals surface area contributed by atoms with Crippen molar-refractivity contribution in [1.82, 2.24) is 0 Å². The first kappa shape index (κ1) is 31.4. The van der Waals surface area contributed by atoms with E-state index in [0.717, 1.165) is 50.1 Å². The summed E-state index contributed by atoms with van der Waals surface area (Å²) in [6, 6.07) is 71.5. The van der Waals surface area contributed by atoms with Gasteiger partial charge in [0, 0.05) is 21.7 Å². The smallest absolute Gasteiger partial charge is 0.136 e. The molecule has 0 atom stereocenters. The van der Waals surface area contributed by atoms with Crippen LogP contribution in [0.25, 0.3) is 99.1 Å². The molecule has 0 amide bonds. The zero-order valence-corrected chi connectivity index (χ0v) is 31.8. The molecule has 0 bridgehead atoms. The minimum absolute atomic E-state index is 0.547. The van der Waals surface area contributed by atoms with Gasteiger partial charge in [0.05, 0.1) is 5.41 Å². The predicted molar refractivity (Wildman–Crippen MR) is 241 cm³/mol. The maximum Gasteiger partial charge on any atom is 0.136 e. The summed E-state index contributed by atoms with van der Waals surface area (Å²) in [6.45, 7) is 0. The molecule has 59 heavy (non-hydrogen) atoms. The van der Waals surface area contributed by atoms with Crippen LogP contribution in [0.3, 0.4) is 0 Å². The van der Waals surface area contributed by atoms with Crippen molar-refractivity contribution in [1.29, 1.82) is 0 Å². The van der Waals surface area contributed by atoms with Gasteiger partial charge in [0.25, 0.3) is 0 Å². The average Bonchev–Trinajstić information content (AvgIpc) is 3.93. The van der Waals surface area contributed by atoms with Crippen molar-refractivity contribution in [3.05, 3.63) is 216 Å². The van der Waals surface area contributed by atoms with Gasteiger partial charge in [0.2, 0.25) is 0 Å². The number of rotatable bonds is 2. The van der Waals surface area contributed by atoms with Crippen molar-refractivity contribution >= 4 is 43.5 Å². The highest BCUT2D eigenvalue weighted by Gasteiger charge is 2.53. The SMILES string of the molecule is c1ccc2c(c1)-c1ccccc1C21c2cc(-c3ccc4c(c3)-c3cccc5cccc(c35)O4)ccc2-c2c(-c3ccc4c(c3)oc3ccccc34)cc3ccccc3c21. The van der Waals surface area contributed by atoms with Gasteiger partial charge in [-0.3, -0.25) is 0 Å². The van der Waals surface area contributed by atoms with Crippen LogP contribution in [0.4, 0.5) is 0 Å². The number of furan rings is 1. The molecule has 0 N–H and O–H groups in total. The number of benzene rings is 10. The second-order valence-electron chi connectivity index (χ2n) is 16.3. The largest absolute Gasteiger partial charge is 0.456 e. The fourth-order valence-electron chi connectivity index (χ4n) is 11.1. The zero-order chi connectivity index (χ0) is 38.4. The van der Waals surface area contributed by atoms with Gasteiger partial charge in [-0.05, 0) is 137 Å². The van der Waals surface area contributed by atoms with Crippen LogP contribution in [0.5, 0.6) is 11.5 Å². The summed E-state index contributed by atoms with van der Waals surface area (Å²) in [7, 11) is 0. The van der Waals surface area contributed by atoms with Gasteiger partial charge in [-0.1, -0.05) is 146 Å². The van der Waals surface area contributed by atoms with Gasteiger partial charge in [-0.2, -0.15) is 0 Å². The van der Waals surface area contributed by atoms with Gasteiger partial charge in [0.1, 0.15) is 22.7 Å². The summed E-state index contributed by atoms with van der Waals surface area (Å²) >= 11 is 0.